The zero-order valence-corrected chi connectivity index (χ0v) is 18.5. The molecule has 0 aromatic carbocycles. The molecule has 152 valence electrons. The van der Waals surface area contributed by atoms with Gasteiger partial charge < -0.3 is 4.90 Å². The first kappa shape index (κ1) is 19.3. The number of thioether (sulfide) groups is 1. The highest BCUT2D eigenvalue weighted by Crippen LogP contribution is 2.39. The minimum absolute atomic E-state index is 0.0282. The fraction of sp³-hybridized carbons (Fsp3) is 0.261. The van der Waals surface area contributed by atoms with E-state index in [0.717, 1.165) is 49.8 Å². The Morgan fingerprint density at radius 2 is 2.17 bits per heavy atom. The summed E-state index contributed by atoms with van der Waals surface area (Å²) in [6.07, 6.45) is 16.8. The number of hydrogen-bond acceptors (Lipinski definition) is 6. The highest BCUT2D eigenvalue weighted by atomic mass is 32.2. The van der Waals surface area contributed by atoms with Gasteiger partial charge in [-0.1, -0.05) is 30.0 Å². The van der Waals surface area contributed by atoms with Crippen LogP contribution in [0.5, 0.6) is 0 Å². The average molecular weight is 435 g/mol. The molecule has 4 heterocycles. The minimum Gasteiger partial charge on any atom is -0.377 e. The van der Waals surface area contributed by atoms with Crippen molar-refractivity contribution in [3.8, 4) is 0 Å². The van der Waals surface area contributed by atoms with E-state index in [2.05, 4.69) is 45.3 Å². The molecule has 0 N–H and O–H groups in total. The van der Waals surface area contributed by atoms with E-state index in [1.165, 1.54) is 11.3 Å². The number of carbonyl (C=O) groups excluding carboxylic acids is 1. The molecule has 0 fully saturated rings. The van der Waals surface area contributed by atoms with Gasteiger partial charge in [0.15, 0.2) is 0 Å². The standard InChI is InChI=1S/C23H22N4OS2/c1-26(2)19-9-10-24-22-20(19)18-8-3-4-11-27(23(28)21(18)30-22)16-7-5-6-15-12-17(13-16)29-14-25-15/h4-6,9-15H,3,7-8H2,1-2H3/b6-5-,11-4-,16-13+. The number of aromatic nitrogens is 1. The maximum atomic E-state index is 13.7. The van der Waals surface area contributed by atoms with Gasteiger partial charge in [-0.15, -0.1) is 11.3 Å². The maximum absolute atomic E-state index is 13.7. The lowest BCUT2D eigenvalue weighted by Gasteiger charge is -2.25. The zero-order valence-electron chi connectivity index (χ0n) is 16.9. The van der Waals surface area contributed by atoms with Gasteiger partial charge in [0.25, 0.3) is 5.91 Å². The second kappa shape index (κ2) is 7.89. The van der Waals surface area contributed by atoms with Crippen LogP contribution >= 0.6 is 23.1 Å². The Morgan fingerprint density at radius 1 is 1.27 bits per heavy atom. The monoisotopic (exact) mass is 434 g/mol. The van der Waals surface area contributed by atoms with Crippen molar-refractivity contribution < 1.29 is 4.79 Å². The van der Waals surface area contributed by atoms with Crippen LogP contribution in [0.2, 0.25) is 0 Å². The van der Waals surface area contributed by atoms with Crippen molar-refractivity contribution in [3.63, 3.8) is 0 Å². The van der Waals surface area contributed by atoms with Crippen LogP contribution in [0.3, 0.4) is 0 Å². The molecule has 0 spiro atoms. The Kier molecular flexibility index (Phi) is 5.08. The van der Waals surface area contributed by atoms with Crippen LogP contribution < -0.4 is 4.90 Å². The van der Waals surface area contributed by atoms with E-state index in [4.69, 9.17) is 0 Å². The summed E-state index contributed by atoms with van der Waals surface area (Å²) in [7, 11) is 4.07. The number of nitrogens with zero attached hydrogens (tertiary/aromatic N) is 4. The van der Waals surface area contributed by atoms with Crippen molar-refractivity contribution in [3.05, 3.63) is 69.9 Å². The molecule has 0 saturated heterocycles. The van der Waals surface area contributed by atoms with Gasteiger partial charge in [-0.2, -0.15) is 0 Å². The summed E-state index contributed by atoms with van der Waals surface area (Å²) in [5, 5.41) is 1.11. The van der Waals surface area contributed by atoms with Crippen LogP contribution in [0.15, 0.2) is 64.4 Å². The van der Waals surface area contributed by atoms with E-state index in [-0.39, 0.29) is 11.9 Å². The van der Waals surface area contributed by atoms with E-state index in [1.54, 1.807) is 11.8 Å². The van der Waals surface area contributed by atoms with Crippen LogP contribution in [-0.2, 0) is 6.42 Å². The Labute approximate surface area is 184 Å². The molecule has 1 aliphatic carbocycles. The zero-order chi connectivity index (χ0) is 20.7. The molecule has 1 unspecified atom stereocenters. The molecular formula is C23H22N4OS2. The summed E-state index contributed by atoms with van der Waals surface area (Å²) >= 11 is 3.11. The highest BCUT2D eigenvalue weighted by molar-refractivity contribution is 8.15. The first-order chi connectivity index (χ1) is 14.6. The van der Waals surface area contributed by atoms with Crippen molar-refractivity contribution in [2.45, 2.75) is 25.3 Å². The van der Waals surface area contributed by atoms with E-state index in [9.17, 15) is 4.79 Å². The number of fused-ring (bicyclic) bond motifs is 4. The Morgan fingerprint density at radius 3 is 3.03 bits per heavy atom. The van der Waals surface area contributed by atoms with Crippen LogP contribution in [0, 0.1) is 0 Å². The summed E-state index contributed by atoms with van der Waals surface area (Å²) < 4.78 is 0. The van der Waals surface area contributed by atoms with E-state index in [0.29, 0.717) is 6.42 Å². The summed E-state index contributed by atoms with van der Waals surface area (Å²) in [4.78, 5) is 29.5. The van der Waals surface area contributed by atoms with Gasteiger partial charge in [0.05, 0.1) is 16.5 Å². The molecule has 0 saturated carbocycles. The maximum Gasteiger partial charge on any atom is 0.272 e. The first-order valence-electron chi connectivity index (χ1n) is 9.97. The third-order valence-corrected chi connectivity index (χ3v) is 7.30. The number of amides is 1. The number of hydrogen-bond donors (Lipinski definition) is 0. The van der Waals surface area contributed by atoms with Gasteiger partial charge in [-0.05, 0) is 36.6 Å². The van der Waals surface area contributed by atoms with Gasteiger partial charge >= 0.3 is 0 Å². The Hall–Kier alpha value is -2.64. The minimum atomic E-state index is 0.0282. The number of aliphatic imine (C=N–C) groups is 1. The number of carbonyl (C=O) groups is 1. The van der Waals surface area contributed by atoms with Crippen molar-refractivity contribution >= 4 is 50.5 Å². The molecule has 1 atom stereocenters. The molecule has 2 aliphatic heterocycles. The number of thiophene rings is 1. The van der Waals surface area contributed by atoms with Crippen molar-refractivity contribution in [1.29, 1.82) is 0 Å². The molecule has 5 nitrogen and oxygen atoms in total. The topological polar surface area (TPSA) is 48.8 Å². The Balaban J connectivity index is 1.61. The highest BCUT2D eigenvalue weighted by Gasteiger charge is 2.27. The number of pyridine rings is 1. The summed E-state index contributed by atoms with van der Waals surface area (Å²) in [6, 6.07) is 2.13. The number of anilines is 1. The summed E-state index contributed by atoms with van der Waals surface area (Å²) in [5.41, 5.74) is 5.09. The van der Waals surface area contributed by atoms with Crippen molar-refractivity contribution in [2.24, 2.45) is 4.99 Å². The van der Waals surface area contributed by atoms with Gasteiger partial charge in [0, 0.05) is 54.6 Å². The Bertz CT molecular complexity index is 1170. The van der Waals surface area contributed by atoms with Gasteiger partial charge in [-0.25, -0.2) is 4.98 Å². The van der Waals surface area contributed by atoms with Gasteiger partial charge in [-0.3, -0.25) is 14.7 Å². The van der Waals surface area contributed by atoms with Crippen LogP contribution in [0.1, 0.15) is 28.1 Å². The second-order valence-electron chi connectivity index (χ2n) is 7.61. The van der Waals surface area contributed by atoms with Crippen molar-refractivity contribution in [2.75, 3.05) is 19.0 Å². The van der Waals surface area contributed by atoms with Crippen molar-refractivity contribution in [1.82, 2.24) is 9.88 Å². The average Bonchev–Trinajstić information content (AvgIpc) is 3.09. The number of aryl methyl sites for hydroxylation is 1. The van der Waals surface area contributed by atoms with E-state index < -0.39 is 0 Å². The number of allylic oxidation sites excluding steroid dienone is 3. The molecular weight excluding hydrogens is 412 g/mol. The van der Waals surface area contributed by atoms with Gasteiger partial charge in [0.2, 0.25) is 0 Å². The largest absolute Gasteiger partial charge is 0.377 e. The SMILES string of the molecule is CN(C)c1ccnc2sc3c(c12)CC/C=C\N(/C1=C/C2=CC(/C=C\C1)N=CS2)C3=O. The second-order valence-corrected chi connectivity index (χ2v) is 9.53. The van der Waals surface area contributed by atoms with Gasteiger partial charge in [0.1, 0.15) is 4.83 Å². The molecule has 0 radical (unpaired) electrons. The molecule has 5 rings (SSSR count). The van der Waals surface area contributed by atoms with Crippen LogP contribution in [0.4, 0.5) is 5.69 Å². The summed E-state index contributed by atoms with van der Waals surface area (Å²) in [6.45, 7) is 0. The summed E-state index contributed by atoms with van der Waals surface area (Å²) in [5.74, 6) is 0.0282. The van der Waals surface area contributed by atoms with E-state index in [1.807, 2.05) is 43.0 Å². The first-order valence-corrected chi connectivity index (χ1v) is 11.7. The lowest BCUT2D eigenvalue weighted by Crippen LogP contribution is -2.26. The van der Waals surface area contributed by atoms with Crippen LogP contribution in [-0.4, -0.2) is 41.5 Å². The van der Waals surface area contributed by atoms with Crippen LogP contribution in [0.25, 0.3) is 10.2 Å². The molecule has 2 bridgehead atoms. The predicted molar refractivity (Wildman–Crippen MR) is 127 cm³/mol. The quantitative estimate of drug-likeness (QED) is 0.615. The molecule has 2 aromatic rings. The molecule has 1 amide bonds. The number of rotatable bonds is 2. The fourth-order valence-electron chi connectivity index (χ4n) is 3.98. The van der Waals surface area contributed by atoms with E-state index >= 15 is 0 Å². The normalized spacial score (nSPS) is 24.7. The molecule has 2 aromatic heterocycles. The molecule has 7 heteroatoms. The predicted octanol–water partition coefficient (Wildman–Crippen LogP) is 5.14. The third kappa shape index (κ3) is 3.42. The fourth-order valence-corrected chi connectivity index (χ4v) is 5.87. The third-order valence-electron chi connectivity index (χ3n) is 5.41. The molecule has 3 aliphatic rings. The molecule has 30 heavy (non-hydrogen) atoms. The lowest BCUT2D eigenvalue weighted by atomic mass is 10.0. The lowest BCUT2D eigenvalue weighted by molar-refractivity contribution is 0.0858. The smallest absolute Gasteiger partial charge is 0.272 e.